The molecule has 2 aliphatic heterocycles. The number of rotatable bonds is 5. The summed E-state index contributed by atoms with van der Waals surface area (Å²) in [6.45, 7) is 6.45. The highest BCUT2D eigenvalue weighted by Gasteiger charge is 2.71. The summed E-state index contributed by atoms with van der Waals surface area (Å²) >= 11 is 0. The first-order valence-electron chi connectivity index (χ1n) is 13.2. The average molecular weight is 564 g/mol. The number of hydrogen-bond donors (Lipinski definition) is 0. The van der Waals surface area contributed by atoms with Gasteiger partial charge in [0.05, 0.1) is 36.7 Å². The van der Waals surface area contributed by atoms with Gasteiger partial charge in [-0.2, -0.15) is 9.65 Å². The van der Waals surface area contributed by atoms with E-state index in [4.69, 9.17) is 9.47 Å². The summed E-state index contributed by atoms with van der Waals surface area (Å²) in [6, 6.07) is 10.5. The molecule has 212 valence electrons. The molecule has 6 rings (SSSR count). The molecule has 11 nitrogen and oxygen atoms in total. The topological polar surface area (TPSA) is 126 Å². The van der Waals surface area contributed by atoms with E-state index in [-0.39, 0.29) is 36.7 Å². The number of likely N-dealkylation sites (tertiary alicyclic amines) is 1. The van der Waals surface area contributed by atoms with Gasteiger partial charge in [-0.05, 0) is 44.5 Å². The predicted molar refractivity (Wildman–Crippen MR) is 139 cm³/mol. The molecule has 0 N–H and O–H groups in total. The average Bonchev–Trinajstić information content (AvgIpc) is 3.34. The Morgan fingerprint density at radius 3 is 2.49 bits per heavy atom. The van der Waals surface area contributed by atoms with E-state index >= 15 is 4.39 Å². The lowest BCUT2D eigenvalue weighted by Crippen LogP contribution is -2.39. The van der Waals surface area contributed by atoms with E-state index in [0.717, 1.165) is 6.20 Å². The van der Waals surface area contributed by atoms with Crippen LogP contribution in [0, 0.1) is 34.9 Å². The number of ether oxygens (including phenoxy) is 2. The van der Waals surface area contributed by atoms with Gasteiger partial charge in [0.1, 0.15) is 22.9 Å². The zero-order chi connectivity index (χ0) is 29.1. The van der Waals surface area contributed by atoms with Crippen LogP contribution < -0.4 is 4.90 Å². The lowest BCUT2D eigenvalue weighted by atomic mass is 9.95. The molecule has 0 bridgehead atoms. The van der Waals surface area contributed by atoms with Gasteiger partial charge in [-0.15, -0.1) is 0 Å². The fourth-order valence-corrected chi connectivity index (χ4v) is 5.81. The number of halogens is 2. The Balaban J connectivity index is 1.13. The van der Waals surface area contributed by atoms with Crippen LogP contribution in [0.15, 0.2) is 42.7 Å². The number of pyridine rings is 1. The smallest absolute Gasteiger partial charge is 0.414 e. The molecular formula is C28H27F2N7O4. The van der Waals surface area contributed by atoms with Crippen LogP contribution in [0.1, 0.15) is 26.5 Å². The Morgan fingerprint density at radius 2 is 1.90 bits per heavy atom. The number of hydrogen-bond acceptors (Lipinski definition) is 8. The monoisotopic (exact) mass is 563 g/mol. The summed E-state index contributed by atoms with van der Waals surface area (Å²) in [4.78, 5) is 32.2. The number of anilines is 1. The quantitative estimate of drug-likeness (QED) is 0.458. The molecule has 2 amide bonds. The van der Waals surface area contributed by atoms with Crippen LogP contribution >= 0.6 is 0 Å². The van der Waals surface area contributed by atoms with Crippen molar-refractivity contribution in [1.29, 1.82) is 5.26 Å². The number of fused-ring (bicyclic) bond motifs is 1. The number of amides is 2. The molecular weight excluding hydrogens is 536 g/mol. The van der Waals surface area contributed by atoms with Crippen molar-refractivity contribution in [3.8, 4) is 17.2 Å². The van der Waals surface area contributed by atoms with Crippen molar-refractivity contribution < 1.29 is 27.8 Å². The third-order valence-corrected chi connectivity index (χ3v) is 7.75. The van der Waals surface area contributed by atoms with Crippen LogP contribution in [0.3, 0.4) is 0 Å². The molecule has 41 heavy (non-hydrogen) atoms. The molecule has 1 saturated carbocycles. The molecule has 1 aliphatic carbocycles. The molecule has 0 spiro atoms. The SMILES string of the molecule is CC(C)(C)OC(=O)N1CC2C(C1)C2(C#N)c1ccc(-c2ccc(N3C[C@H](Cn4cc(F)nn4)OC3=O)c(F)c2)cn1. The minimum Gasteiger partial charge on any atom is -0.444 e. The van der Waals surface area contributed by atoms with Crippen LogP contribution in [0.5, 0.6) is 0 Å². The zero-order valence-electron chi connectivity index (χ0n) is 22.6. The van der Waals surface area contributed by atoms with Crippen molar-refractivity contribution in [2.75, 3.05) is 24.5 Å². The summed E-state index contributed by atoms with van der Waals surface area (Å²) in [7, 11) is 0. The van der Waals surface area contributed by atoms with Crippen LogP contribution in [0.25, 0.3) is 11.1 Å². The standard InChI is InChI=1S/C28H27F2N7O4/c1-27(2,3)41-25(38)35-12-19-20(13-35)28(19,15-31)23-7-5-17(9-32-23)16-4-6-22(21(29)8-16)37-11-18(40-26(37)39)10-36-14-24(30)33-34-36/h4-9,14,18-20H,10-13H2,1-3H3/t18-,19?,20?,28?/m0/s1. The summed E-state index contributed by atoms with van der Waals surface area (Å²) in [5.41, 5.74) is 0.509. The molecule has 3 atom stereocenters. The first-order valence-corrected chi connectivity index (χ1v) is 13.2. The second-order valence-electron chi connectivity index (χ2n) is 11.6. The molecule has 3 aliphatic rings. The molecule has 13 heteroatoms. The first-order chi connectivity index (χ1) is 19.5. The number of cyclic esters (lactones) is 1. The lowest BCUT2D eigenvalue weighted by molar-refractivity contribution is 0.0265. The maximum absolute atomic E-state index is 15.2. The van der Waals surface area contributed by atoms with E-state index in [9.17, 15) is 19.2 Å². The Morgan fingerprint density at radius 1 is 1.17 bits per heavy atom. The van der Waals surface area contributed by atoms with Gasteiger partial charge in [0.2, 0.25) is 0 Å². The van der Waals surface area contributed by atoms with Gasteiger partial charge < -0.3 is 14.4 Å². The minimum absolute atomic E-state index is 0.0253. The summed E-state index contributed by atoms with van der Waals surface area (Å²) in [5.74, 6) is -1.42. The number of aromatic nitrogens is 4. The Labute approximate surface area is 234 Å². The number of carbonyl (C=O) groups excluding carboxylic acids is 2. The van der Waals surface area contributed by atoms with E-state index < -0.39 is 35.0 Å². The van der Waals surface area contributed by atoms with Gasteiger partial charge in [-0.25, -0.2) is 18.7 Å². The normalized spacial score (nSPS) is 25.1. The number of benzene rings is 1. The third kappa shape index (κ3) is 4.73. The molecule has 4 heterocycles. The summed E-state index contributed by atoms with van der Waals surface area (Å²) in [6.07, 6.45) is 0.937. The minimum atomic E-state index is -0.767. The number of nitriles is 1. The van der Waals surface area contributed by atoms with E-state index in [1.807, 2.05) is 20.8 Å². The highest BCUT2D eigenvalue weighted by molar-refractivity contribution is 5.90. The van der Waals surface area contributed by atoms with Gasteiger partial charge in [0, 0.05) is 36.7 Å². The van der Waals surface area contributed by atoms with Gasteiger partial charge in [-0.3, -0.25) is 9.88 Å². The van der Waals surface area contributed by atoms with E-state index in [1.54, 1.807) is 29.3 Å². The van der Waals surface area contributed by atoms with Crippen molar-refractivity contribution in [1.82, 2.24) is 24.9 Å². The zero-order valence-corrected chi connectivity index (χ0v) is 22.6. The van der Waals surface area contributed by atoms with Crippen molar-refractivity contribution >= 4 is 17.9 Å². The second kappa shape index (κ2) is 9.50. The fourth-order valence-electron chi connectivity index (χ4n) is 5.81. The molecule has 3 fully saturated rings. The van der Waals surface area contributed by atoms with Gasteiger partial charge in [0.15, 0.2) is 0 Å². The molecule has 1 aromatic carbocycles. The number of piperidine rings is 1. The Hall–Kier alpha value is -4.60. The highest BCUT2D eigenvalue weighted by atomic mass is 19.1. The first kappa shape index (κ1) is 26.6. The van der Waals surface area contributed by atoms with Crippen LogP contribution in [0.4, 0.5) is 24.1 Å². The predicted octanol–water partition coefficient (Wildman–Crippen LogP) is 3.90. The second-order valence-corrected chi connectivity index (χ2v) is 11.6. The molecule has 2 saturated heterocycles. The fraction of sp³-hybridized carbons (Fsp3) is 0.429. The maximum Gasteiger partial charge on any atom is 0.414 e. The highest BCUT2D eigenvalue weighted by Crippen LogP contribution is 2.62. The van der Waals surface area contributed by atoms with E-state index in [1.165, 1.54) is 21.7 Å². The molecule has 3 aromatic rings. The third-order valence-electron chi connectivity index (χ3n) is 7.75. The Bertz CT molecular complexity index is 1550. The van der Waals surface area contributed by atoms with E-state index in [0.29, 0.717) is 29.9 Å². The van der Waals surface area contributed by atoms with Crippen LogP contribution in [-0.4, -0.2) is 68.4 Å². The summed E-state index contributed by atoms with van der Waals surface area (Å²) in [5, 5.41) is 16.9. The van der Waals surface area contributed by atoms with Crippen molar-refractivity contribution in [3.05, 3.63) is 60.2 Å². The summed E-state index contributed by atoms with van der Waals surface area (Å²) < 4.78 is 40.2. The number of nitrogens with zero attached hydrogens (tertiary/aromatic N) is 7. The maximum atomic E-state index is 15.2. The van der Waals surface area contributed by atoms with Crippen molar-refractivity contribution in [3.63, 3.8) is 0 Å². The van der Waals surface area contributed by atoms with Crippen molar-refractivity contribution in [2.24, 2.45) is 11.8 Å². The van der Waals surface area contributed by atoms with Crippen LogP contribution in [0.2, 0.25) is 0 Å². The van der Waals surface area contributed by atoms with Gasteiger partial charge >= 0.3 is 12.2 Å². The lowest BCUT2D eigenvalue weighted by Gasteiger charge is -2.27. The van der Waals surface area contributed by atoms with Crippen molar-refractivity contribution in [2.45, 2.75) is 44.4 Å². The van der Waals surface area contributed by atoms with E-state index in [2.05, 4.69) is 21.4 Å². The Kier molecular flexibility index (Phi) is 6.17. The largest absolute Gasteiger partial charge is 0.444 e. The van der Waals surface area contributed by atoms with Gasteiger partial charge in [-0.1, -0.05) is 22.4 Å². The molecule has 0 radical (unpaired) electrons. The molecule has 2 aromatic heterocycles. The van der Waals surface area contributed by atoms with Gasteiger partial charge in [0.25, 0.3) is 5.95 Å². The molecule has 2 unspecified atom stereocenters. The number of carbonyl (C=O) groups is 2. The van der Waals surface area contributed by atoms with Crippen LogP contribution in [-0.2, 0) is 21.4 Å².